The summed E-state index contributed by atoms with van der Waals surface area (Å²) < 4.78 is 0. The van der Waals surface area contributed by atoms with Crippen LogP contribution in [0.2, 0.25) is 0 Å². The third-order valence-corrected chi connectivity index (χ3v) is 3.97. The van der Waals surface area contributed by atoms with Gasteiger partial charge in [-0.25, -0.2) is 0 Å². The van der Waals surface area contributed by atoms with E-state index in [1.54, 1.807) is 0 Å². The fraction of sp³-hybridized carbons (Fsp3) is 0.938. The van der Waals surface area contributed by atoms with Crippen molar-refractivity contribution < 1.29 is 4.79 Å². The summed E-state index contributed by atoms with van der Waals surface area (Å²) in [5.41, 5.74) is -0.117. The van der Waals surface area contributed by atoms with Gasteiger partial charge in [0.25, 0.3) is 0 Å². The van der Waals surface area contributed by atoms with E-state index in [9.17, 15) is 4.79 Å². The molecular weight excluding hydrogens is 236 g/mol. The van der Waals surface area contributed by atoms with Gasteiger partial charge in [0.1, 0.15) is 0 Å². The van der Waals surface area contributed by atoms with E-state index in [1.807, 2.05) is 20.8 Å². The Labute approximate surface area is 118 Å². The first-order valence-electron chi connectivity index (χ1n) is 7.95. The second kappa shape index (κ2) is 7.88. The number of nitrogens with one attached hydrogen (secondary N) is 2. The lowest BCUT2D eigenvalue weighted by molar-refractivity contribution is -0.122. The molecule has 1 amide bonds. The van der Waals surface area contributed by atoms with Crippen LogP contribution in [0.5, 0.6) is 0 Å². The Bertz CT molecular complexity index is 270. The molecule has 0 bridgehead atoms. The second-order valence-corrected chi connectivity index (χ2v) is 6.98. The van der Waals surface area contributed by atoms with E-state index < -0.39 is 0 Å². The van der Waals surface area contributed by atoms with Crippen LogP contribution in [0.15, 0.2) is 0 Å². The van der Waals surface area contributed by atoms with Crippen molar-refractivity contribution in [2.75, 3.05) is 6.54 Å². The summed E-state index contributed by atoms with van der Waals surface area (Å²) in [6.07, 6.45) is 8.54. The molecule has 2 unspecified atom stereocenters. The topological polar surface area (TPSA) is 41.1 Å². The average Bonchev–Trinajstić information content (AvgIpc) is 2.52. The van der Waals surface area contributed by atoms with Crippen molar-refractivity contribution in [3.05, 3.63) is 0 Å². The molecule has 19 heavy (non-hydrogen) atoms. The Balaban J connectivity index is 2.17. The van der Waals surface area contributed by atoms with Gasteiger partial charge in [0.2, 0.25) is 5.91 Å². The quantitative estimate of drug-likeness (QED) is 0.752. The highest BCUT2D eigenvalue weighted by molar-refractivity contribution is 5.76. The molecule has 0 heterocycles. The average molecular weight is 268 g/mol. The Morgan fingerprint density at radius 2 is 1.89 bits per heavy atom. The molecule has 1 aliphatic carbocycles. The van der Waals surface area contributed by atoms with E-state index in [-0.39, 0.29) is 11.4 Å². The van der Waals surface area contributed by atoms with Gasteiger partial charge < -0.3 is 10.6 Å². The molecule has 1 saturated carbocycles. The summed E-state index contributed by atoms with van der Waals surface area (Å²) in [4.78, 5) is 11.7. The van der Waals surface area contributed by atoms with E-state index in [0.29, 0.717) is 12.5 Å². The Morgan fingerprint density at radius 1 is 1.16 bits per heavy atom. The van der Waals surface area contributed by atoms with Crippen molar-refractivity contribution >= 4 is 5.91 Å². The van der Waals surface area contributed by atoms with Crippen molar-refractivity contribution in [3.63, 3.8) is 0 Å². The van der Waals surface area contributed by atoms with Crippen molar-refractivity contribution in [2.24, 2.45) is 5.92 Å². The number of carbonyl (C=O) groups excluding carboxylic acids is 1. The fourth-order valence-corrected chi connectivity index (χ4v) is 2.86. The lowest BCUT2D eigenvalue weighted by Gasteiger charge is -2.21. The third kappa shape index (κ3) is 7.56. The number of hydrogen-bond acceptors (Lipinski definition) is 2. The summed E-state index contributed by atoms with van der Waals surface area (Å²) in [7, 11) is 0. The molecule has 0 saturated heterocycles. The zero-order valence-electron chi connectivity index (χ0n) is 13.2. The SMILES string of the molecule is CCC1CCCC(NCCC(=O)NC(C)(C)C)CC1. The maximum Gasteiger partial charge on any atom is 0.221 e. The van der Waals surface area contributed by atoms with Crippen LogP contribution in [0.1, 0.15) is 72.6 Å². The van der Waals surface area contributed by atoms with E-state index in [2.05, 4.69) is 17.6 Å². The van der Waals surface area contributed by atoms with Crippen LogP contribution in [0, 0.1) is 5.92 Å². The number of carbonyl (C=O) groups is 1. The highest BCUT2D eigenvalue weighted by atomic mass is 16.1. The van der Waals surface area contributed by atoms with Gasteiger partial charge in [0.15, 0.2) is 0 Å². The summed E-state index contributed by atoms with van der Waals surface area (Å²) in [5, 5.41) is 6.57. The molecule has 112 valence electrons. The maximum absolute atomic E-state index is 11.7. The molecule has 1 aliphatic rings. The molecule has 1 rings (SSSR count). The molecule has 0 aliphatic heterocycles. The van der Waals surface area contributed by atoms with Gasteiger partial charge in [0, 0.05) is 24.5 Å². The number of amides is 1. The highest BCUT2D eigenvalue weighted by Gasteiger charge is 2.18. The Kier molecular flexibility index (Phi) is 6.84. The lowest BCUT2D eigenvalue weighted by Crippen LogP contribution is -2.42. The zero-order chi connectivity index (χ0) is 14.3. The summed E-state index contributed by atoms with van der Waals surface area (Å²) in [5.74, 6) is 1.08. The Morgan fingerprint density at radius 3 is 2.53 bits per heavy atom. The minimum absolute atomic E-state index is 0.117. The van der Waals surface area contributed by atoms with Crippen molar-refractivity contribution in [1.29, 1.82) is 0 Å². The summed E-state index contributed by atoms with van der Waals surface area (Å²) >= 11 is 0. The zero-order valence-corrected chi connectivity index (χ0v) is 13.2. The Hall–Kier alpha value is -0.570. The van der Waals surface area contributed by atoms with Crippen LogP contribution in [0.3, 0.4) is 0 Å². The summed E-state index contributed by atoms with van der Waals surface area (Å²) in [6.45, 7) is 9.18. The minimum Gasteiger partial charge on any atom is -0.351 e. The molecule has 0 aromatic carbocycles. The van der Waals surface area contributed by atoms with Gasteiger partial charge in [-0.3, -0.25) is 4.79 Å². The van der Waals surface area contributed by atoms with Crippen molar-refractivity contribution in [3.8, 4) is 0 Å². The van der Waals surface area contributed by atoms with Gasteiger partial charge in [-0.2, -0.15) is 0 Å². The normalized spacial score (nSPS) is 24.8. The van der Waals surface area contributed by atoms with E-state index in [4.69, 9.17) is 0 Å². The molecule has 0 spiro atoms. The first kappa shape index (κ1) is 16.5. The number of hydrogen-bond donors (Lipinski definition) is 2. The van der Waals surface area contributed by atoms with Crippen LogP contribution in [-0.2, 0) is 4.79 Å². The lowest BCUT2D eigenvalue weighted by atomic mass is 9.98. The minimum atomic E-state index is -0.117. The van der Waals surface area contributed by atoms with Crippen LogP contribution in [-0.4, -0.2) is 24.0 Å². The van der Waals surface area contributed by atoms with Gasteiger partial charge in [-0.1, -0.05) is 26.2 Å². The predicted molar refractivity (Wildman–Crippen MR) is 81.2 cm³/mol. The summed E-state index contributed by atoms with van der Waals surface area (Å²) in [6, 6.07) is 0.624. The largest absolute Gasteiger partial charge is 0.351 e. The van der Waals surface area contributed by atoms with Gasteiger partial charge >= 0.3 is 0 Å². The fourth-order valence-electron chi connectivity index (χ4n) is 2.86. The molecule has 0 aromatic rings. The molecule has 3 heteroatoms. The molecule has 0 radical (unpaired) electrons. The van der Waals surface area contributed by atoms with Crippen LogP contribution < -0.4 is 10.6 Å². The maximum atomic E-state index is 11.7. The third-order valence-electron chi connectivity index (χ3n) is 3.97. The van der Waals surface area contributed by atoms with Crippen LogP contribution in [0.25, 0.3) is 0 Å². The molecule has 3 nitrogen and oxygen atoms in total. The van der Waals surface area contributed by atoms with E-state index in [1.165, 1.54) is 38.5 Å². The molecular formula is C16H32N2O. The standard InChI is InChI=1S/C16H32N2O/c1-5-13-7-6-8-14(10-9-13)17-12-11-15(19)18-16(2,3)4/h13-14,17H,5-12H2,1-4H3,(H,18,19). The first-order valence-corrected chi connectivity index (χ1v) is 7.95. The molecule has 2 N–H and O–H groups in total. The van der Waals surface area contributed by atoms with E-state index in [0.717, 1.165) is 12.5 Å². The monoisotopic (exact) mass is 268 g/mol. The van der Waals surface area contributed by atoms with Gasteiger partial charge in [0.05, 0.1) is 0 Å². The molecule has 1 fully saturated rings. The van der Waals surface area contributed by atoms with Crippen LogP contribution in [0.4, 0.5) is 0 Å². The van der Waals surface area contributed by atoms with E-state index >= 15 is 0 Å². The van der Waals surface area contributed by atoms with Gasteiger partial charge in [-0.15, -0.1) is 0 Å². The smallest absolute Gasteiger partial charge is 0.221 e. The van der Waals surface area contributed by atoms with Crippen molar-refractivity contribution in [2.45, 2.75) is 84.2 Å². The second-order valence-electron chi connectivity index (χ2n) is 6.98. The molecule has 0 aromatic heterocycles. The predicted octanol–water partition coefficient (Wildman–Crippen LogP) is 3.24. The van der Waals surface area contributed by atoms with Crippen molar-refractivity contribution in [1.82, 2.24) is 10.6 Å². The number of rotatable bonds is 5. The highest BCUT2D eigenvalue weighted by Crippen LogP contribution is 2.25. The van der Waals surface area contributed by atoms with Crippen LogP contribution >= 0.6 is 0 Å². The molecule has 2 atom stereocenters. The van der Waals surface area contributed by atoms with Gasteiger partial charge in [-0.05, 0) is 46.0 Å². The first-order chi connectivity index (χ1) is 8.90.